The maximum atomic E-state index is 13.2. The molecule has 1 amide bonds. The lowest BCUT2D eigenvalue weighted by Crippen LogP contribution is -2.24. The first-order valence-electron chi connectivity index (χ1n) is 6.82. The van der Waals surface area contributed by atoms with Crippen molar-refractivity contribution in [2.45, 2.75) is 26.2 Å². The Morgan fingerprint density at radius 2 is 2.30 bits per heavy atom. The molecule has 106 valence electrons. The fraction of sp³-hybridized carbons (Fsp3) is 0.438. The summed E-state index contributed by atoms with van der Waals surface area (Å²) >= 11 is 0. The van der Waals surface area contributed by atoms with Crippen LogP contribution < -0.4 is 5.32 Å². The molecule has 2 atom stereocenters. The molecule has 1 saturated carbocycles. The molecule has 1 fully saturated rings. The highest BCUT2D eigenvalue weighted by molar-refractivity contribution is 5.94. The van der Waals surface area contributed by atoms with Gasteiger partial charge in [-0.05, 0) is 37.0 Å². The van der Waals surface area contributed by atoms with E-state index in [-0.39, 0.29) is 18.4 Å². The topological polar surface area (TPSA) is 49.3 Å². The van der Waals surface area contributed by atoms with Crippen LogP contribution in [-0.2, 0) is 4.79 Å². The average molecular weight is 275 g/mol. The van der Waals surface area contributed by atoms with Crippen molar-refractivity contribution in [2.75, 3.05) is 11.9 Å². The van der Waals surface area contributed by atoms with E-state index in [1.807, 2.05) is 0 Å². The number of carbonyl (C=O) groups is 1. The van der Waals surface area contributed by atoms with Gasteiger partial charge in [-0.25, -0.2) is 4.39 Å². The monoisotopic (exact) mass is 275 g/mol. The molecule has 0 bridgehead atoms. The van der Waals surface area contributed by atoms with Crippen LogP contribution in [0.1, 0.15) is 31.7 Å². The number of amides is 1. The van der Waals surface area contributed by atoms with Gasteiger partial charge in [-0.3, -0.25) is 4.79 Å². The van der Waals surface area contributed by atoms with E-state index in [4.69, 9.17) is 5.11 Å². The lowest BCUT2D eigenvalue weighted by atomic mass is 9.97. The molecular weight excluding hydrogens is 257 g/mol. The molecule has 1 aliphatic rings. The second kappa shape index (κ2) is 6.53. The Bertz CT molecular complexity index is 559. The Hall–Kier alpha value is -1.86. The van der Waals surface area contributed by atoms with Crippen molar-refractivity contribution in [2.24, 2.45) is 11.8 Å². The van der Waals surface area contributed by atoms with Crippen LogP contribution in [0.4, 0.5) is 10.1 Å². The van der Waals surface area contributed by atoms with E-state index in [2.05, 4.69) is 24.1 Å². The number of rotatable bonds is 2. The summed E-state index contributed by atoms with van der Waals surface area (Å²) in [5.74, 6) is 5.07. The molecular formula is C16H18FNO2. The smallest absolute Gasteiger partial charge is 0.227 e. The van der Waals surface area contributed by atoms with Crippen LogP contribution in [-0.4, -0.2) is 17.6 Å². The second-order valence-electron chi connectivity index (χ2n) is 5.15. The van der Waals surface area contributed by atoms with Crippen molar-refractivity contribution < 1.29 is 14.3 Å². The largest absolute Gasteiger partial charge is 0.384 e. The van der Waals surface area contributed by atoms with Gasteiger partial charge < -0.3 is 10.4 Å². The number of benzene rings is 1. The molecule has 0 spiro atoms. The summed E-state index contributed by atoms with van der Waals surface area (Å²) < 4.78 is 13.2. The molecule has 2 N–H and O–H groups in total. The highest BCUT2D eigenvalue weighted by Gasteiger charge is 2.29. The molecule has 1 aromatic carbocycles. The molecule has 1 aromatic rings. The minimum atomic E-state index is -0.417. The lowest BCUT2D eigenvalue weighted by molar-refractivity contribution is -0.120. The van der Waals surface area contributed by atoms with E-state index in [0.29, 0.717) is 17.2 Å². The first kappa shape index (κ1) is 14.5. The highest BCUT2D eigenvalue weighted by Crippen LogP contribution is 2.32. The molecule has 0 radical (unpaired) electrons. The average Bonchev–Trinajstić information content (AvgIpc) is 2.85. The summed E-state index contributed by atoms with van der Waals surface area (Å²) in [6.07, 6.45) is 3.03. The molecule has 0 saturated heterocycles. The van der Waals surface area contributed by atoms with Crippen LogP contribution in [0.2, 0.25) is 0 Å². The Labute approximate surface area is 118 Å². The zero-order valence-electron chi connectivity index (χ0n) is 11.4. The normalized spacial score (nSPS) is 21.1. The Kier molecular flexibility index (Phi) is 4.75. The summed E-state index contributed by atoms with van der Waals surface area (Å²) in [5, 5.41) is 11.6. The van der Waals surface area contributed by atoms with Crippen LogP contribution in [0, 0.1) is 29.5 Å². The summed E-state index contributed by atoms with van der Waals surface area (Å²) in [5.41, 5.74) is 0.884. The number of hydrogen-bond donors (Lipinski definition) is 2. The van der Waals surface area contributed by atoms with Crippen molar-refractivity contribution in [3.63, 3.8) is 0 Å². The Morgan fingerprint density at radius 3 is 2.95 bits per heavy atom. The van der Waals surface area contributed by atoms with E-state index in [9.17, 15) is 9.18 Å². The van der Waals surface area contributed by atoms with Crippen molar-refractivity contribution in [3.05, 3.63) is 29.6 Å². The minimum Gasteiger partial charge on any atom is -0.384 e. The van der Waals surface area contributed by atoms with Gasteiger partial charge in [0, 0.05) is 5.92 Å². The third-order valence-electron chi connectivity index (χ3n) is 3.74. The highest BCUT2D eigenvalue weighted by atomic mass is 19.1. The summed E-state index contributed by atoms with van der Waals surface area (Å²) in [6.45, 7) is 1.78. The number of halogens is 1. The fourth-order valence-electron chi connectivity index (χ4n) is 2.62. The SMILES string of the molecule is CC1CCCC1C(=O)Nc1ccc(F)cc1C#CCO. The Balaban J connectivity index is 2.18. The molecule has 4 heteroatoms. The number of nitrogens with one attached hydrogen (secondary N) is 1. The van der Waals surface area contributed by atoms with Gasteiger partial charge in [0.25, 0.3) is 0 Å². The quantitative estimate of drug-likeness (QED) is 0.815. The van der Waals surface area contributed by atoms with Gasteiger partial charge in [0.2, 0.25) is 5.91 Å². The zero-order valence-corrected chi connectivity index (χ0v) is 11.4. The molecule has 1 aliphatic carbocycles. The molecule has 0 aromatic heterocycles. The summed E-state index contributed by atoms with van der Waals surface area (Å²) in [6, 6.07) is 4.06. The van der Waals surface area contributed by atoms with Crippen LogP contribution in [0.15, 0.2) is 18.2 Å². The van der Waals surface area contributed by atoms with Gasteiger partial charge in [-0.1, -0.05) is 25.2 Å². The van der Waals surface area contributed by atoms with Crippen molar-refractivity contribution in [1.29, 1.82) is 0 Å². The maximum Gasteiger partial charge on any atom is 0.227 e. The third kappa shape index (κ3) is 3.37. The number of carbonyl (C=O) groups excluding carboxylic acids is 1. The van der Waals surface area contributed by atoms with Crippen molar-refractivity contribution in [1.82, 2.24) is 0 Å². The first-order chi connectivity index (χ1) is 9.61. The van der Waals surface area contributed by atoms with Gasteiger partial charge >= 0.3 is 0 Å². The number of anilines is 1. The fourth-order valence-corrected chi connectivity index (χ4v) is 2.62. The molecule has 20 heavy (non-hydrogen) atoms. The molecule has 3 nitrogen and oxygen atoms in total. The number of hydrogen-bond acceptors (Lipinski definition) is 2. The Morgan fingerprint density at radius 1 is 1.50 bits per heavy atom. The van der Waals surface area contributed by atoms with Crippen LogP contribution in [0.3, 0.4) is 0 Å². The number of aliphatic hydroxyl groups is 1. The van der Waals surface area contributed by atoms with Crippen LogP contribution in [0.25, 0.3) is 0 Å². The van der Waals surface area contributed by atoms with Gasteiger partial charge in [0.05, 0.1) is 11.3 Å². The van der Waals surface area contributed by atoms with Gasteiger partial charge in [-0.2, -0.15) is 0 Å². The van der Waals surface area contributed by atoms with Gasteiger partial charge in [0.15, 0.2) is 0 Å². The predicted octanol–water partition coefficient (Wildman–Crippen LogP) is 2.54. The number of aliphatic hydroxyl groups excluding tert-OH is 1. The zero-order chi connectivity index (χ0) is 14.5. The van der Waals surface area contributed by atoms with Crippen LogP contribution in [0.5, 0.6) is 0 Å². The van der Waals surface area contributed by atoms with E-state index in [1.165, 1.54) is 18.2 Å². The maximum absolute atomic E-state index is 13.2. The van der Waals surface area contributed by atoms with Crippen molar-refractivity contribution in [3.8, 4) is 11.8 Å². The van der Waals surface area contributed by atoms with Gasteiger partial charge in [-0.15, -0.1) is 0 Å². The van der Waals surface area contributed by atoms with Gasteiger partial charge in [0.1, 0.15) is 12.4 Å². The minimum absolute atomic E-state index is 0.0127. The predicted molar refractivity (Wildman–Crippen MR) is 75.5 cm³/mol. The van der Waals surface area contributed by atoms with E-state index in [0.717, 1.165) is 19.3 Å². The molecule has 0 aliphatic heterocycles. The van der Waals surface area contributed by atoms with Crippen LogP contribution >= 0.6 is 0 Å². The summed E-state index contributed by atoms with van der Waals surface area (Å²) in [4.78, 5) is 12.2. The second-order valence-corrected chi connectivity index (χ2v) is 5.15. The standard InChI is InChI=1S/C16H18FNO2/c1-11-4-2-6-14(11)16(20)18-15-8-7-13(17)10-12(15)5-3-9-19/h7-8,10-11,14,19H,2,4,6,9H2,1H3,(H,18,20). The first-order valence-corrected chi connectivity index (χ1v) is 6.82. The molecule has 2 unspecified atom stereocenters. The van der Waals surface area contributed by atoms with Crippen molar-refractivity contribution >= 4 is 11.6 Å². The summed E-state index contributed by atoms with van der Waals surface area (Å²) in [7, 11) is 0. The third-order valence-corrected chi connectivity index (χ3v) is 3.74. The van der Waals surface area contributed by atoms with E-state index in [1.54, 1.807) is 0 Å². The molecule has 2 rings (SSSR count). The lowest BCUT2D eigenvalue weighted by Gasteiger charge is -2.16. The molecule has 0 heterocycles. The van der Waals surface area contributed by atoms with E-state index >= 15 is 0 Å². The van der Waals surface area contributed by atoms with E-state index < -0.39 is 5.82 Å².